The number of rotatable bonds is 4. The van der Waals surface area contributed by atoms with Crippen molar-refractivity contribution in [3.8, 4) is 5.82 Å². The molecule has 2 aliphatic rings. The van der Waals surface area contributed by atoms with Crippen LogP contribution in [-0.4, -0.2) is 79.7 Å². The van der Waals surface area contributed by atoms with E-state index in [4.69, 9.17) is 11.3 Å². The highest BCUT2D eigenvalue weighted by atomic mass is 16.5. The molecule has 0 saturated carbocycles. The molecule has 168 valence electrons. The van der Waals surface area contributed by atoms with Gasteiger partial charge in [-0.25, -0.2) is 9.83 Å². The molecule has 0 bridgehead atoms. The topological polar surface area (TPSA) is 93.6 Å². The summed E-state index contributed by atoms with van der Waals surface area (Å²) >= 11 is 0. The third-order valence-corrected chi connectivity index (χ3v) is 6.41. The molecule has 0 aliphatic carbocycles. The predicted octanol–water partition coefficient (Wildman–Crippen LogP) is 1.74. The second kappa shape index (κ2) is 9.05. The first kappa shape index (κ1) is 21.2. The summed E-state index contributed by atoms with van der Waals surface area (Å²) < 4.78 is 7.67. The molecule has 1 amide bonds. The summed E-state index contributed by atoms with van der Waals surface area (Å²) in [5, 5.41) is 11.0. The number of carbonyl (C=O) groups is 1. The van der Waals surface area contributed by atoms with E-state index in [2.05, 4.69) is 30.3 Å². The monoisotopic (exact) mass is 444 g/mol. The Hall–Kier alpha value is -3.68. The van der Waals surface area contributed by atoms with Gasteiger partial charge in [0.2, 0.25) is 5.91 Å². The molecule has 10 heteroatoms. The van der Waals surface area contributed by atoms with Crippen molar-refractivity contribution < 1.29 is 9.53 Å². The zero-order chi connectivity index (χ0) is 22.8. The molecule has 4 heterocycles. The maximum Gasteiger partial charge on any atom is 0.227 e. The fourth-order valence-corrected chi connectivity index (χ4v) is 4.52. The Bertz CT molecular complexity index is 1170. The van der Waals surface area contributed by atoms with Crippen LogP contribution in [0.2, 0.25) is 0 Å². The minimum absolute atomic E-state index is 0.0463. The lowest BCUT2D eigenvalue weighted by molar-refractivity contribution is -0.139. The number of benzene rings is 1. The predicted molar refractivity (Wildman–Crippen MR) is 119 cm³/mol. The molecule has 3 aromatic rings. The van der Waals surface area contributed by atoms with Crippen molar-refractivity contribution in [1.29, 1.82) is 0 Å². The van der Waals surface area contributed by atoms with Crippen LogP contribution in [0.1, 0.15) is 22.8 Å². The number of piperazine rings is 1. The first-order valence-electron chi connectivity index (χ1n) is 10.9. The summed E-state index contributed by atoms with van der Waals surface area (Å²) in [7, 11) is 0. The second-order valence-electron chi connectivity index (χ2n) is 8.37. The Morgan fingerprint density at radius 2 is 2.15 bits per heavy atom. The average Bonchev–Trinajstić information content (AvgIpc) is 3.39. The van der Waals surface area contributed by atoms with Crippen LogP contribution >= 0.6 is 0 Å². The summed E-state index contributed by atoms with van der Waals surface area (Å²) in [6.07, 6.45) is 3.43. The van der Waals surface area contributed by atoms with E-state index in [9.17, 15) is 4.79 Å². The van der Waals surface area contributed by atoms with E-state index in [0.717, 1.165) is 29.8 Å². The van der Waals surface area contributed by atoms with Crippen molar-refractivity contribution in [2.24, 2.45) is 0 Å². The van der Waals surface area contributed by atoms with E-state index in [1.165, 1.54) is 11.0 Å². The molecule has 2 saturated heterocycles. The smallest absolute Gasteiger partial charge is 0.227 e. The molecular formula is C23H24N8O2. The van der Waals surface area contributed by atoms with Crippen LogP contribution in [-0.2, 0) is 16.0 Å². The van der Waals surface area contributed by atoms with Crippen molar-refractivity contribution in [3.05, 3.63) is 71.0 Å². The summed E-state index contributed by atoms with van der Waals surface area (Å²) in [5.74, 6) is 0.699. The van der Waals surface area contributed by atoms with E-state index in [-0.39, 0.29) is 18.1 Å². The Kier molecular flexibility index (Phi) is 5.81. The summed E-state index contributed by atoms with van der Waals surface area (Å²) in [6.45, 7) is 12.8. The van der Waals surface area contributed by atoms with Gasteiger partial charge in [0.15, 0.2) is 11.5 Å². The van der Waals surface area contributed by atoms with Gasteiger partial charge >= 0.3 is 0 Å². The number of ether oxygens (including phenoxy) is 1. The number of morpholine rings is 1. The second-order valence-corrected chi connectivity index (χ2v) is 8.37. The van der Waals surface area contributed by atoms with Gasteiger partial charge in [-0.2, -0.15) is 4.68 Å². The maximum atomic E-state index is 12.9. The molecule has 2 aromatic heterocycles. The molecule has 0 spiro atoms. The average molecular weight is 444 g/mol. The van der Waals surface area contributed by atoms with E-state index >= 15 is 0 Å². The molecule has 2 fully saturated rings. The van der Waals surface area contributed by atoms with Crippen molar-refractivity contribution in [3.63, 3.8) is 0 Å². The fourth-order valence-electron chi connectivity index (χ4n) is 4.52. The van der Waals surface area contributed by atoms with Crippen molar-refractivity contribution >= 4 is 11.6 Å². The normalized spacial score (nSPS) is 20.8. The molecular weight excluding hydrogens is 420 g/mol. The van der Waals surface area contributed by atoms with Crippen LogP contribution in [0.5, 0.6) is 0 Å². The summed E-state index contributed by atoms with van der Waals surface area (Å²) in [4.78, 5) is 25.2. The number of pyridine rings is 1. The van der Waals surface area contributed by atoms with Crippen LogP contribution in [0, 0.1) is 13.5 Å². The maximum absolute atomic E-state index is 12.9. The van der Waals surface area contributed by atoms with Gasteiger partial charge < -0.3 is 9.64 Å². The Labute approximate surface area is 191 Å². The lowest BCUT2D eigenvalue weighted by Gasteiger charge is -2.46. The van der Waals surface area contributed by atoms with Crippen LogP contribution in [0.15, 0.2) is 42.9 Å². The number of hydrogen-bond donors (Lipinski definition) is 0. The minimum Gasteiger partial charge on any atom is -0.371 e. The van der Waals surface area contributed by atoms with Crippen LogP contribution < -0.4 is 0 Å². The van der Waals surface area contributed by atoms with Crippen molar-refractivity contribution in [2.45, 2.75) is 25.5 Å². The van der Waals surface area contributed by atoms with E-state index in [1.54, 1.807) is 12.3 Å². The van der Waals surface area contributed by atoms with Gasteiger partial charge in [-0.1, -0.05) is 24.3 Å². The lowest BCUT2D eigenvalue weighted by Crippen LogP contribution is -2.59. The molecule has 1 aromatic carbocycles. The highest BCUT2D eigenvalue weighted by molar-refractivity contribution is 5.79. The van der Waals surface area contributed by atoms with Gasteiger partial charge in [-0.15, -0.1) is 5.10 Å². The van der Waals surface area contributed by atoms with Crippen LogP contribution in [0.25, 0.3) is 10.7 Å². The number of aromatic nitrogens is 5. The van der Waals surface area contributed by atoms with Gasteiger partial charge in [0.25, 0.3) is 0 Å². The van der Waals surface area contributed by atoms with Gasteiger partial charge in [0, 0.05) is 32.4 Å². The number of nitrogens with zero attached hydrogens (tertiary/aromatic N) is 8. The van der Waals surface area contributed by atoms with Crippen molar-refractivity contribution in [1.82, 2.24) is 35.0 Å². The molecule has 2 aliphatic heterocycles. The minimum atomic E-state index is -0.0463. The van der Waals surface area contributed by atoms with Gasteiger partial charge in [0.05, 0.1) is 31.7 Å². The molecule has 0 unspecified atom stereocenters. The number of amides is 1. The fraction of sp³-hybridized carbons (Fsp3) is 0.391. The largest absolute Gasteiger partial charge is 0.371 e. The van der Waals surface area contributed by atoms with Crippen molar-refractivity contribution in [2.75, 3.05) is 32.8 Å². The molecule has 0 N–H and O–H groups in total. The van der Waals surface area contributed by atoms with Crippen LogP contribution in [0.3, 0.4) is 0 Å². The Morgan fingerprint density at radius 1 is 1.24 bits per heavy atom. The third kappa shape index (κ3) is 4.33. The third-order valence-electron chi connectivity index (χ3n) is 6.41. The van der Waals surface area contributed by atoms with E-state index in [0.29, 0.717) is 37.6 Å². The molecule has 33 heavy (non-hydrogen) atoms. The molecule has 0 radical (unpaired) electrons. The van der Waals surface area contributed by atoms with Gasteiger partial charge in [0.1, 0.15) is 6.33 Å². The lowest BCUT2D eigenvalue weighted by atomic mass is 9.98. The first-order valence-corrected chi connectivity index (χ1v) is 10.9. The Balaban J connectivity index is 1.18. The van der Waals surface area contributed by atoms with E-state index < -0.39 is 0 Å². The number of fused-ring (bicyclic) bond motifs is 1. The Morgan fingerprint density at radius 3 is 2.91 bits per heavy atom. The van der Waals surface area contributed by atoms with E-state index in [1.807, 2.05) is 36.1 Å². The summed E-state index contributed by atoms with van der Waals surface area (Å²) in [5.41, 5.74) is 3.60. The highest BCUT2D eigenvalue weighted by Crippen LogP contribution is 2.32. The van der Waals surface area contributed by atoms with Crippen LogP contribution in [0.4, 0.5) is 5.69 Å². The number of carbonyl (C=O) groups excluding carboxylic acids is 1. The molecule has 5 rings (SSSR count). The molecule has 10 nitrogen and oxygen atoms in total. The standard InChI is InChI=1S/C23H24N8O2/c1-16-19(4-3-5-20(16)24-2)21-13-29-8-9-30(12-18(29)14-33-21)23(32)10-17-6-7-22(25-11-17)31-15-26-27-28-31/h3-7,11,15,18,21H,8-10,12-14H2,1H3/t18-,21+/m0/s1. The quantitative estimate of drug-likeness (QED) is 0.566. The number of tetrazole rings is 1. The highest BCUT2D eigenvalue weighted by Gasteiger charge is 2.35. The zero-order valence-corrected chi connectivity index (χ0v) is 18.3. The van der Waals surface area contributed by atoms with Gasteiger partial charge in [-0.05, 0) is 40.1 Å². The SMILES string of the molecule is [C-]#[N+]c1cccc([C@H]2CN3CCN(C(=O)Cc4ccc(-n5cnnn5)nc4)C[C@H]3CO2)c1C. The van der Waals surface area contributed by atoms with Gasteiger partial charge in [-0.3, -0.25) is 9.69 Å². The zero-order valence-electron chi connectivity index (χ0n) is 18.3. The molecule has 2 atom stereocenters. The first-order chi connectivity index (χ1) is 16.1. The number of hydrogen-bond acceptors (Lipinski definition) is 7. The summed E-state index contributed by atoms with van der Waals surface area (Å²) in [6, 6.07) is 9.68.